The second kappa shape index (κ2) is 8.06. The summed E-state index contributed by atoms with van der Waals surface area (Å²) in [6, 6.07) is 4.72. The van der Waals surface area contributed by atoms with Crippen LogP contribution in [-0.2, 0) is 4.74 Å². The second-order valence-electron chi connectivity index (χ2n) is 5.88. The van der Waals surface area contributed by atoms with E-state index in [1.165, 1.54) is 6.07 Å². The minimum Gasteiger partial charge on any atom is -0.444 e. The van der Waals surface area contributed by atoms with Crippen LogP contribution in [0.2, 0.25) is 0 Å². The van der Waals surface area contributed by atoms with E-state index in [4.69, 9.17) is 15.7 Å². The number of anilines is 1. The van der Waals surface area contributed by atoms with E-state index in [9.17, 15) is 15.0 Å². The van der Waals surface area contributed by atoms with Crippen molar-refractivity contribution in [1.29, 1.82) is 5.26 Å². The predicted octanol–water partition coefficient (Wildman–Crippen LogP) is 1.76. The van der Waals surface area contributed by atoms with Crippen LogP contribution in [0.3, 0.4) is 0 Å². The van der Waals surface area contributed by atoms with Gasteiger partial charge in [0.25, 0.3) is 0 Å². The van der Waals surface area contributed by atoms with Crippen molar-refractivity contribution in [2.45, 2.75) is 43.5 Å². The summed E-state index contributed by atoms with van der Waals surface area (Å²) in [5, 5.41) is 33.2. The molecular formula is C15H21N3O4S. The number of nitrogens with zero attached hydrogens (tertiary/aromatic N) is 1. The number of thioether (sulfide) groups is 1. The first-order valence-electron chi connectivity index (χ1n) is 6.92. The molecule has 0 aliphatic carbocycles. The van der Waals surface area contributed by atoms with Gasteiger partial charge in [-0.1, -0.05) is 0 Å². The van der Waals surface area contributed by atoms with Crippen molar-refractivity contribution in [2.75, 3.05) is 12.3 Å². The molecule has 0 spiro atoms. The highest BCUT2D eigenvalue weighted by Crippen LogP contribution is 2.28. The van der Waals surface area contributed by atoms with E-state index in [-0.39, 0.29) is 12.2 Å². The lowest BCUT2D eigenvalue weighted by atomic mass is 10.0. The topological polar surface area (TPSA) is 129 Å². The van der Waals surface area contributed by atoms with E-state index in [0.717, 1.165) is 11.8 Å². The summed E-state index contributed by atoms with van der Waals surface area (Å²) < 4.78 is 5.04. The predicted molar refractivity (Wildman–Crippen MR) is 87.5 cm³/mol. The van der Waals surface area contributed by atoms with Crippen molar-refractivity contribution in [1.82, 2.24) is 5.32 Å². The van der Waals surface area contributed by atoms with E-state index < -0.39 is 23.9 Å². The first-order valence-corrected chi connectivity index (χ1v) is 7.74. The Labute approximate surface area is 139 Å². The summed E-state index contributed by atoms with van der Waals surface area (Å²) in [5.74, 6) is 0. The number of hydrogen-bond donors (Lipinski definition) is 4. The van der Waals surface area contributed by atoms with Gasteiger partial charge in [-0.15, -0.1) is 0 Å². The Balaban J connectivity index is 2.70. The van der Waals surface area contributed by atoms with Crippen LogP contribution < -0.4 is 11.1 Å². The summed E-state index contributed by atoms with van der Waals surface area (Å²) in [5.41, 5.74) is 5.72. The van der Waals surface area contributed by atoms with Crippen LogP contribution in [0.25, 0.3) is 0 Å². The SMILES string of the molecule is CC(C)(C)OC(=O)NCC(O)C(O)c1cc(SC#N)ccc1N. The Hall–Kier alpha value is -1.95. The molecule has 2 atom stereocenters. The fourth-order valence-electron chi connectivity index (χ4n) is 1.75. The maximum atomic E-state index is 11.5. The van der Waals surface area contributed by atoms with Gasteiger partial charge < -0.3 is 26.0 Å². The molecule has 0 aliphatic rings. The number of benzene rings is 1. The maximum absolute atomic E-state index is 11.5. The number of carbonyl (C=O) groups is 1. The highest BCUT2D eigenvalue weighted by molar-refractivity contribution is 8.03. The molecule has 0 heterocycles. The van der Waals surface area contributed by atoms with Crippen molar-refractivity contribution in [2.24, 2.45) is 0 Å². The first-order chi connectivity index (χ1) is 10.6. The zero-order chi connectivity index (χ0) is 17.6. The average Bonchev–Trinajstić information content (AvgIpc) is 2.44. The Morgan fingerprint density at radius 3 is 2.70 bits per heavy atom. The summed E-state index contributed by atoms with van der Waals surface area (Å²) in [4.78, 5) is 12.1. The van der Waals surface area contributed by atoms with Crippen LogP contribution in [0.5, 0.6) is 0 Å². The number of rotatable bonds is 5. The highest BCUT2D eigenvalue weighted by Gasteiger charge is 2.23. The van der Waals surface area contributed by atoms with E-state index in [2.05, 4.69) is 5.32 Å². The molecule has 1 aromatic carbocycles. The molecule has 23 heavy (non-hydrogen) atoms. The van der Waals surface area contributed by atoms with Gasteiger partial charge in [0.2, 0.25) is 0 Å². The third kappa shape index (κ3) is 6.36. The molecule has 1 aromatic rings. The van der Waals surface area contributed by atoms with Crippen molar-refractivity contribution in [3.8, 4) is 5.40 Å². The molecule has 0 saturated carbocycles. The minimum atomic E-state index is -1.30. The summed E-state index contributed by atoms with van der Waals surface area (Å²) in [6.45, 7) is 4.95. The molecule has 7 nitrogen and oxygen atoms in total. The average molecular weight is 339 g/mol. The van der Waals surface area contributed by atoms with E-state index in [0.29, 0.717) is 10.5 Å². The van der Waals surface area contributed by atoms with Gasteiger partial charge in [0.15, 0.2) is 0 Å². The molecule has 126 valence electrons. The summed E-state index contributed by atoms with van der Waals surface area (Å²) in [6.07, 6.45) is -3.26. The molecule has 0 bridgehead atoms. The number of nitrogens with one attached hydrogen (secondary N) is 1. The van der Waals surface area contributed by atoms with Gasteiger partial charge in [-0.25, -0.2) is 4.79 Å². The Bertz CT molecular complexity index is 595. The molecule has 0 saturated heterocycles. The van der Waals surface area contributed by atoms with Gasteiger partial charge in [-0.3, -0.25) is 0 Å². The molecule has 8 heteroatoms. The molecular weight excluding hydrogens is 318 g/mol. The molecule has 0 fully saturated rings. The molecule has 1 amide bonds. The van der Waals surface area contributed by atoms with Crippen LogP contribution in [0.15, 0.2) is 23.1 Å². The zero-order valence-electron chi connectivity index (χ0n) is 13.2. The van der Waals surface area contributed by atoms with Crippen molar-refractivity contribution >= 4 is 23.5 Å². The number of hydrogen-bond acceptors (Lipinski definition) is 7. The standard InChI is InChI=1S/C15H21N3O4S/c1-15(2,3)22-14(21)18-7-12(19)13(20)10-6-9(23-8-16)4-5-11(10)17/h4-6,12-13,19-20H,7,17H2,1-3H3,(H,18,21). The van der Waals surface area contributed by atoms with Gasteiger partial charge in [-0.2, -0.15) is 5.26 Å². The number of nitriles is 1. The Morgan fingerprint density at radius 2 is 2.13 bits per heavy atom. The van der Waals surface area contributed by atoms with Gasteiger partial charge in [0, 0.05) is 22.7 Å². The fraction of sp³-hybridized carbons (Fsp3) is 0.467. The zero-order valence-corrected chi connectivity index (χ0v) is 14.1. The van der Waals surface area contributed by atoms with Crippen molar-refractivity contribution < 1.29 is 19.7 Å². The monoisotopic (exact) mass is 339 g/mol. The largest absolute Gasteiger partial charge is 0.444 e. The first kappa shape index (κ1) is 19.1. The number of nitrogens with two attached hydrogens (primary N) is 1. The number of nitrogen functional groups attached to an aromatic ring is 1. The molecule has 0 aromatic heterocycles. The minimum absolute atomic E-state index is 0.203. The van der Waals surface area contributed by atoms with Crippen molar-refractivity contribution in [3.63, 3.8) is 0 Å². The normalized spacial score (nSPS) is 13.7. The smallest absolute Gasteiger partial charge is 0.407 e. The summed E-state index contributed by atoms with van der Waals surface area (Å²) in [7, 11) is 0. The second-order valence-corrected chi connectivity index (χ2v) is 6.74. The van der Waals surface area contributed by atoms with Gasteiger partial charge >= 0.3 is 6.09 Å². The lowest BCUT2D eigenvalue weighted by molar-refractivity contribution is 0.0132. The molecule has 2 unspecified atom stereocenters. The van der Waals surface area contributed by atoms with Gasteiger partial charge in [0.05, 0.1) is 0 Å². The van der Waals surface area contributed by atoms with E-state index >= 15 is 0 Å². The Kier molecular flexibility index (Phi) is 6.69. The number of aliphatic hydroxyl groups excluding tert-OH is 2. The lowest BCUT2D eigenvalue weighted by Crippen LogP contribution is -2.39. The number of amides is 1. The Morgan fingerprint density at radius 1 is 1.48 bits per heavy atom. The highest BCUT2D eigenvalue weighted by atomic mass is 32.2. The third-order valence-corrected chi connectivity index (χ3v) is 3.34. The summed E-state index contributed by atoms with van der Waals surface area (Å²) >= 11 is 0.919. The van der Waals surface area contributed by atoms with Crippen LogP contribution in [0.4, 0.5) is 10.5 Å². The van der Waals surface area contributed by atoms with Crippen LogP contribution in [0, 0.1) is 10.7 Å². The van der Waals surface area contributed by atoms with Gasteiger partial charge in [-0.05, 0) is 50.7 Å². The fourth-order valence-corrected chi connectivity index (χ4v) is 2.17. The number of ether oxygens (including phenoxy) is 1. The molecule has 0 aliphatic heterocycles. The number of alkyl carbamates (subject to hydrolysis) is 1. The van der Waals surface area contributed by atoms with Crippen LogP contribution in [-0.4, -0.2) is 34.6 Å². The van der Waals surface area contributed by atoms with E-state index in [1.54, 1.807) is 32.9 Å². The van der Waals surface area contributed by atoms with Crippen molar-refractivity contribution in [3.05, 3.63) is 23.8 Å². The van der Waals surface area contributed by atoms with Gasteiger partial charge in [0.1, 0.15) is 23.2 Å². The van der Waals surface area contributed by atoms with E-state index in [1.807, 2.05) is 5.40 Å². The maximum Gasteiger partial charge on any atom is 0.407 e. The number of aliphatic hydroxyl groups is 2. The third-order valence-electron chi connectivity index (χ3n) is 2.76. The molecule has 5 N–H and O–H groups in total. The lowest BCUT2D eigenvalue weighted by Gasteiger charge is -2.23. The number of thiocyanates is 1. The van der Waals surface area contributed by atoms with Crippen LogP contribution >= 0.6 is 11.8 Å². The molecule has 0 radical (unpaired) electrons. The number of carbonyl (C=O) groups excluding carboxylic acids is 1. The quantitative estimate of drug-likeness (QED) is 0.365. The van der Waals surface area contributed by atoms with Crippen LogP contribution in [0.1, 0.15) is 32.4 Å². The molecule has 1 rings (SSSR count).